The Labute approximate surface area is 291 Å². The minimum Gasteiger partial charge on any atom is -0.790 e. The molecule has 0 bridgehead atoms. The number of esters is 1. The summed E-state index contributed by atoms with van der Waals surface area (Å²) in [4.78, 5) is 68.8. The van der Waals surface area contributed by atoms with Gasteiger partial charge in [0.2, 0.25) is 0 Å². The molecule has 0 aliphatic heterocycles. The molecule has 0 heterocycles. The van der Waals surface area contributed by atoms with Crippen LogP contribution in [-0.2, 0) is 41.3 Å². The van der Waals surface area contributed by atoms with Crippen molar-refractivity contribution in [1.82, 2.24) is 0 Å². The van der Waals surface area contributed by atoms with E-state index in [0.717, 1.165) is 19.3 Å². The van der Waals surface area contributed by atoms with Gasteiger partial charge in [0.1, 0.15) is 42.7 Å². The van der Waals surface area contributed by atoms with Gasteiger partial charge >= 0.3 is 5.97 Å². The number of hydrogen-bond acceptors (Lipinski definition) is 18. The molecule has 4 N–H and O–H groups in total. The zero-order valence-electron chi connectivity index (χ0n) is 27.5. The highest BCUT2D eigenvalue weighted by Crippen LogP contribution is 2.46. The molecule has 1 rings (SSSR count). The highest BCUT2D eigenvalue weighted by atomic mass is 31.2. The topological polar surface area (TPSA) is 311 Å². The summed E-state index contributed by atoms with van der Waals surface area (Å²) in [7, 11) is -17.8. The molecule has 1 saturated carbocycles. The quantitative estimate of drug-likeness (QED) is 0.0390. The lowest BCUT2D eigenvalue weighted by Gasteiger charge is -2.50. The van der Waals surface area contributed by atoms with Crippen molar-refractivity contribution in [3.63, 3.8) is 0 Å². The molecule has 1 fully saturated rings. The highest BCUT2D eigenvalue weighted by Gasteiger charge is 2.53. The third-order valence-electron chi connectivity index (χ3n) is 6.90. The molecule has 0 aromatic carbocycles. The summed E-state index contributed by atoms with van der Waals surface area (Å²) in [6, 6.07) is 0. The summed E-state index contributed by atoms with van der Waals surface area (Å²) in [6.45, 7) is 0.244. The first-order chi connectivity index (χ1) is 23.4. The molecule has 0 aromatic rings. The fourth-order valence-electron chi connectivity index (χ4n) is 4.48. The summed E-state index contributed by atoms with van der Waals surface area (Å²) in [5.74, 6) is -0.800. The molecule has 1 unspecified atom stereocenters. The lowest BCUT2D eigenvalue weighted by atomic mass is 9.85. The van der Waals surface area contributed by atoms with Crippen molar-refractivity contribution in [3.8, 4) is 0 Å². The Kier molecular flexibility index (Phi) is 22.4. The average Bonchev–Trinajstić information content (AvgIpc) is 3.02. The number of ether oxygens (including phenoxy) is 1. The summed E-state index contributed by atoms with van der Waals surface area (Å²) in [6.07, 6.45) is 6.99. The number of unbranched alkanes of at least 4 members (excludes halogenated alkanes) is 4. The molecule has 50 heavy (non-hydrogen) atoms. The first-order valence-corrected chi connectivity index (χ1v) is 20.3. The minimum absolute atomic E-state index is 0.0913. The molecule has 18 nitrogen and oxygen atoms in total. The summed E-state index contributed by atoms with van der Waals surface area (Å²) >= 11 is 0. The molecular formula is C29H46O18P3-5. The Morgan fingerprint density at radius 1 is 0.680 bits per heavy atom. The van der Waals surface area contributed by atoms with Crippen molar-refractivity contribution < 1.29 is 86.2 Å². The zero-order chi connectivity index (χ0) is 37.8. The molecule has 1 aliphatic carbocycles. The minimum atomic E-state index is -6.12. The Balaban J connectivity index is 2.50. The van der Waals surface area contributed by atoms with Crippen LogP contribution in [0.15, 0.2) is 48.6 Å². The number of aliphatic hydroxyl groups is 4. The lowest BCUT2D eigenvalue weighted by molar-refractivity contribution is -0.366. The van der Waals surface area contributed by atoms with E-state index in [4.69, 9.17) is 4.74 Å². The van der Waals surface area contributed by atoms with Crippen LogP contribution in [0.2, 0.25) is 0 Å². The Hall–Kier alpha value is -1.40. The molecule has 0 aromatic heterocycles. The second kappa shape index (κ2) is 24.0. The number of rotatable bonds is 25. The third-order valence-corrected chi connectivity index (χ3v) is 8.87. The lowest BCUT2D eigenvalue weighted by Crippen LogP contribution is -2.65. The van der Waals surface area contributed by atoms with Gasteiger partial charge in [0, 0.05) is 6.42 Å². The van der Waals surface area contributed by atoms with Crippen molar-refractivity contribution in [3.05, 3.63) is 48.6 Å². The molecule has 8 atom stereocenters. The van der Waals surface area contributed by atoms with Gasteiger partial charge in [-0.2, -0.15) is 0 Å². The van der Waals surface area contributed by atoms with Gasteiger partial charge in [-0.25, -0.2) is 0 Å². The number of carbonyl (C=O) groups is 1. The van der Waals surface area contributed by atoms with Crippen LogP contribution in [0, 0.1) is 0 Å². The molecule has 0 spiro atoms. The molecule has 0 amide bonds. The largest absolute Gasteiger partial charge is 0.790 e. The van der Waals surface area contributed by atoms with Gasteiger partial charge in [0.25, 0.3) is 7.82 Å². The average molecular weight is 776 g/mol. The maximum atomic E-state index is 12.4. The predicted molar refractivity (Wildman–Crippen MR) is 167 cm³/mol. The summed E-state index contributed by atoms with van der Waals surface area (Å²) < 4.78 is 56.4. The number of phosphoric acid groups is 3. The normalized spacial score (nSPS) is 25.6. The maximum Gasteiger partial charge on any atom is 0.306 e. The molecule has 0 saturated heterocycles. The highest BCUT2D eigenvalue weighted by molar-refractivity contribution is 7.46. The van der Waals surface area contributed by atoms with E-state index in [1.165, 1.54) is 19.3 Å². The van der Waals surface area contributed by atoms with Gasteiger partial charge in [0.15, 0.2) is 0 Å². The van der Waals surface area contributed by atoms with Crippen LogP contribution >= 0.6 is 23.5 Å². The van der Waals surface area contributed by atoms with E-state index in [2.05, 4.69) is 49.3 Å². The molecular weight excluding hydrogens is 729 g/mol. The van der Waals surface area contributed by atoms with Gasteiger partial charge in [-0.05, 0) is 44.9 Å². The van der Waals surface area contributed by atoms with Crippen LogP contribution in [0.3, 0.4) is 0 Å². The standard InChI is InChI=1S/C29H51O18P3/c1-2-3-4-5-6-7-8-9-10-11-12-13-14-15-16-17-18-19-23(31)44-22(20-30)21-43-50(41,42)47-27-24(32)25(33)28(45-48(35,36)37)29(26(27)34)46-49(38,39)40/h6-7,9-10,12-13,15-16,22,24-30,32-34H,2-5,8,11,14,17-21H2,1H3,(H,41,42)(H2,35,36,37)(H2,38,39,40)/p-5/b7-6-,10-9-,13-12-,16-15-/t22-,24-,25+,26+,27-,28-,29-/m1/s1. The molecule has 21 heteroatoms. The number of phosphoric ester groups is 3. The van der Waals surface area contributed by atoms with Crippen LogP contribution in [0.25, 0.3) is 0 Å². The van der Waals surface area contributed by atoms with Crippen LogP contribution < -0.4 is 24.5 Å². The van der Waals surface area contributed by atoms with Crippen molar-refractivity contribution >= 4 is 29.4 Å². The van der Waals surface area contributed by atoms with Crippen molar-refractivity contribution in [2.24, 2.45) is 0 Å². The van der Waals surface area contributed by atoms with Crippen molar-refractivity contribution in [2.45, 2.75) is 114 Å². The van der Waals surface area contributed by atoms with Gasteiger partial charge in [0.05, 0.1) is 28.9 Å². The molecule has 290 valence electrons. The van der Waals surface area contributed by atoms with E-state index in [1.807, 2.05) is 24.3 Å². The Morgan fingerprint density at radius 2 is 1.14 bits per heavy atom. The number of allylic oxidation sites excluding steroid dienone is 8. The number of carbonyl (C=O) groups excluding carboxylic acids is 1. The molecule has 1 aliphatic rings. The second-order valence-corrected chi connectivity index (χ2v) is 14.7. The fourth-order valence-corrected chi connectivity index (χ4v) is 6.52. The van der Waals surface area contributed by atoms with Crippen molar-refractivity contribution in [1.29, 1.82) is 0 Å². The number of hydrogen-bond donors (Lipinski definition) is 4. The van der Waals surface area contributed by atoms with E-state index in [1.54, 1.807) is 0 Å². The van der Waals surface area contributed by atoms with Gasteiger partial charge < -0.3 is 76.9 Å². The van der Waals surface area contributed by atoms with Crippen LogP contribution in [0.5, 0.6) is 0 Å². The summed E-state index contributed by atoms with van der Waals surface area (Å²) in [5.41, 5.74) is 0. The van der Waals surface area contributed by atoms with E-state index in [9.17, 15) is 63.4 Å². The van der Waals surface area contributed by atoms with E-state index in [0.29, 0.717) is 19.3 Å². The summed E-state index contributed by atoms with van der Waals surface area (Å²) in [5, 5.41) is 40.2. The maximum absolute atomic E-state index is 12.4. The predicted octanol–water partition coefficient (Wildman–Crippen LogP) is -0.569. The zero-order valence-corrected chi connectivity index (χ0v) is 30.2. The van der Waals surface area contributed by atoms with Crippen LogP contribution in [-0.4, -0.2) is 82.3 Å². The Morgan fingerprint density at radius 3 is 1.62 bits per heavy atom. The van der Waals surface area contributed by atoms with Crippen molar-refractivity contribution in [2.75, 3.05) is 13.2 Å². The van der Waals surface area contributed by atoms with Gasteiger partial charge in [-0.1, -0.05) is 68.4 Å². The van der Waals surface area contributed by atoms with Gasteiger partial charge in [-0.3, -0.25) is 9.36 Å². The van der Waals surface area contributed by atoms with Crippen LogP contribution in [0.4, 0.5) is 0 Å². The third kappa shape index (κ3) is 20.6. The smallest absolute Gasteiger partial charge is 0.306 e. The monoisotopic (exact) mass is 775 g/mol. The van der Waals surface area contributed by atoms with Crippen LogP contribution in [0.1, 0.15) is 71.1 Å². The van der Waals surface area contributed by atoms with E-state index in [-0.39, 0.29) is 6.42 Å². The first-order valence-electron chi connectivity index (χ1n) is 15.9. The molecule has 0 radical (unpaired) electrons. The van der Waals surface area contributed by atoms with Gasteiger partial charge in [-0.15, -0.1) is 0 Å². The first kappa shape index (κ1) is 46.6. The van der Waals surface area contributed by atoms with E-state index >= 15 is 0 Å². The SMILES string of the molecule is CCCCC/C=C\C/C=C\C/C=C\C/C=C\CCCC(=O)O[C@H](CO)COP(=O)([O-])O[C@@H]1[C@H](O)[C@H](O)[C@@H](OP(=O)([O-])[O-])[C@H](OP(=O)([O-])[O-])[C@H]1O. The second-order valence-electron chi connectivity index (χ2n) is 11.1. The fraction of sp³-hybridized carbons (Fsp3) is 0.690. The Bertz CT molecular complexity index is 1240. The number of aliphatic hydroxyl groups excluding tert-OH is 4. The van der Waals surface area contributed by atoms with E-state index < -0.39 is 85.4 Å².